The number of hydrogen-bond acceptors (Lipinski definition) is 4. The summed E-state index contributed by atoms with van der Waals surface area (Å²) in [4.78, 5) is 25.2. The van der Waals surface area contributed by atoms with Crippen LogP contribution in [-0.2, 0) is 6.18 Å². The van der Waals surface area contributed by atoms with Crippen molar-refractivity contribution < 1.29 is 22.4 Å². The average Bonchev–Trinajstić information content (AvgIpc) is 2.80. The Hall–Kier alpha value is -3.69. The Morgan fingerprint density at radius 1 is 0.971 bits per heavy atom. The molecule has 1 aliphatic heterocycles. The Bertz CT molecular complexity index is 1210. The number of halogens is 4. The van der Waals surface area contributed by atoms with Gasteiger partial charge in [-0.25, -0.2) is 19.2 Å². The minimum Gasteiger partial charge on any atom is -0.353 e. The third-order valence-electron chi connectivity index (χ3n) is 5.75. The van der Waals surface area contributed by atoms with Crippen molar-refractivity contribution in [2.45, 2.75) is 20.0 Å². The highest BCUT2D eigenvalue weighted by Gasteiger charge is 2.31. The molecular formula is C24H23F4N5O. The van der Waals surface area contributed by atoms with Gasteiger partial charge in [-0.1, -0.05) is 18.2 Å². The van der Waals surface area contributed by atoms with Crippen molar-refractivity contribution in [1.29, 1.82) is 0 Å². The molecule has 1 aliphatic rings. The Balaban J connectivity index is 1.50. The molecule has 1 fully saturated rings. The van der Waals surface area contributed by atoms with Crippen molar-refractivity contribution >= 4 is 17.5 Å². The summed E-state index contributed by atoms with van der Waals surface area (Å²) in [5.41, 5.74) is 1.40. The monoisotopic (exact) mass is 473 g/mol. The van der Waals surface area contributed by atoms with E-state index < -0.39 is 17.6 Å². The van der Waals surface area contributed by atoms with Crippen LogP contribution in [0.15, 0.2) is 48.5 Å². The fourth-order valence-electron chi connectivity index (χ4n) is 3.78. The predicted octanol–water partition coefficient (Wildman–Crippen LogP) is 5.27. The second-order valence-electron chi connectivity index (χ2n) is 8.07. The fourth-order valence-corrected chi connectivity index (χ4v) is 3.78. The number of carbonyl (C=O) groups excluding carboxylic acids is 1. The summed E-state index contributed by atoms with van der Waals surface area (Å²) < 4.78 is 52.8. The van der Waals surface area contributed by atoms with Crippen molar-refractivity contribution in [2.75, 3.05) is 36.4 Å². The van der Waals surface area contributed by atoms with Gasteiger partial charge in [0.25, 0.3) is 0 Å². The van der Waals surface area contributed by atoms with E-state index in [9.17, 15) is 22.4 Å². The van der Waals surface area contributed by atoms with Crippen LogP contribution in [-0.4, -0.2) is 47.1 Å². The van der Waals surface area contributed by atoms with E-state index in [1.807, 2.05) is 11.8 Å². The van der Waals surface area contributed by atoms with Gasteiger partial charge >= 0.3 is 12.2 Å². The van der Waals surface area contributed by atoms with E-state index in [0.29, 0.717) is 43.4 Å². The van der Waals surface area contributed by atoms with Gasteiger partial charge in [-0.05, 0) is 44.2 Å². The molecule has 10 heteroatoms. The molecule has 0 bridgehead atoms. The molecule has 34 heavy (non-hydrogen) atoms. The van der Waals surface area contributed by atoms with Crippen molar-refractivity contribution in [3.05, 3.63) is 71.2 Å². The number of nitrogens with zero attached hydrogens (tertiary/aromatic N) is 4. The first kappa shape index (κ1) is 23.5. The van der Waals surface area contributed by atoms with Crippen LogP contribution in [0.4, 0.5) is 33.9 Å². The van der Waals surface area contributed by atoms with Gasteiger partial charge in [0.1, 0.15) is 11.6 Å². The zero-order chi connectivity index (χ0) is 24.5. The highest BCUT2D eigenvalue weighted by Crippen LogP contribution is 2.32. The summed E-state index contributed by atoms with van der Waals surface area (Å²) in [6.45, 7) is 5.43. The molecule has 0 saturated carbocycles. The number of aryl methyl sites for hydroxylation is 1. The topological polar surface area (TPSA) is 61.4 Å². The third-order valence-corrected chi connectivity index (χ3v) is 5.75. The predicted molar refractivity (Wildman–Crippen MR) is 121 cm³/mol. The molecule has 2 amide bonds. The first-order valence-corrected chi connectivity index (χ1v) is 10.7. The number of piperazine rings is 1. The van der Waals surface area contributed by atoms with Gasteiger partial charge < -0.3 is 15.1 Å². The van der Waals surface area contributed by atoms with Crippen molar-refractivity contribution in [1.82, 2.24) is 14.9 Å². The molecule has 4 rings (SSSR count). The molecule has 0 unspecified atom stereocenters. The minimum absolute atomic E-state index is 0.218. The molecule has 0 radical (unpaired) electrons. The van der Waals surface area contributed by atoms with Gasteiger partial charge in [-0.15, -0.1) is 0 Å². The lowest BCUT2D eigenvalue weighted by Gasteiger charge is -2.36. The van der Waals surface area contributed by atoms with Crippen molar-refractivity contribution in [2.24, 2.45) is 0 Å². The smallest absolute Gasteiger partial charge is 0.353 e. The third kappa shape index (κ3) is 5.11. The van der Waals surface area contributed by atoms with E-state index in [-0.39, 0.29) is 17.4 Å². The lowest BCUT2D eigenvalue weighted by molar-refractivity contribution is -0.137. The number of amides is 2. The average molecular weight is 473 g/mol. The molecule has 6 nitrogen and oxygen atoms in total. The lowest BCUT2D eigenvalue weighted by atomic mass is 10.1. The Morgan fingerprint density at radius 2 is 1.68 bits per heavy atom. The van der Waals surface area contributed by atoms with Crippen LogP contribution in [0.5, 0.6) is 0 Å². The van der Waals surface area contributed by atoms with Gasteiger partial charge in [0.05, 0.1) is 5.56 Å². The second-order valence-corrected chi connectivity index (χ2v) is 8.07. The molecule has 0 atom stereocenters. The molecule has 0 aliphatic carbocycles. The fraction of sp³-hybridized carbons (Fsp3) is 0.292. The maximum Gasteiger partial charge on any atom is 0.416 e. The highest BCUT2D eigenvalue weighted by atomic mass is 19.4. The molecule has 0 spiro atoms. The second kappa shape index (κ2) is 9.28. The van der Waals surface area contributed by atoms with Gasteiger partial charge in [0, 0.05) is 48.7 Å². The molecule has 3 aromatic rings. The van der Waals surface area contributed by atoms with E-state index in [1.54, 1.807) is 24.0 Å². The maximum atomic E-state index is 13.4. The maximum absolute atomic E-state index is 13.4. The summed E-state index contributed by atoms with van der Waals surface area (Å²) in [6, 6.07) is 10.3. The van der Waals surface area contributed by atoms with E-state index in [1.165, 1.54) is 24.3 Å². The summed E-state index contributed by atoms with van der Waals surface area (Å²) >= 11 is 0. The van der Waals surface area contributed by atoms with E-state index in [4.69, 9.17) is 0 Å². The Kier molecular flexibility index (Phi) is 6.41. The number of benzene rings is 2. The van der Waals surface area contributed by atoms with Crippen LogP contribution in [0.1, 0.15) is 16.8 Å². The van der Waals surface area contributed by atoms with Gasteiger partial charge in [0.2, 0.25) is 0 Å². The Labute approximate surface area is 194 Å². The number of aromatic nitrogens is 2. The van der Waals surface area contributed by atoms with Crippen LogP contribution in [0, 0.1) is 19.7 Å². The number of rotatable bonds is 3. The van der Waals surface area contributed by atoms with Crippen LogP contribution >= 0.6 is 0 Å². The summed E-state index contributed by atoms with van der Waals surface area (Å²) in [6.07, 6.45) is -4.46. The minimum atomic E-state index is -4.46. The molecule has 178 valence electrons. The van der Waals surface area contributed by atoms with Crippen molar-refractivity contribution in [3.8, 4) is 11.4 Å². The van der Waals surface area contributed by atoms with Gasteiger partial charge in [0.15, 0.2) is 5.82 Å². The van der Waals surface area contributed by atoms with Crippen LogP contribution in [0.25, 0.3) is 11.4 Å². The normalized spacial score (nSPS) is 14.3. The number of alkyl halides is 3. The van der Waals surface area contributed by atoms with Crippen LogP contribution in [0.2, 0.25) is 0 Å². The quantitative estimate of drug-likeness (QED) is 0.527. The molecular weight excluding hydrogens is 450 g/mol. The first-order valence-electron chi connectivity index (χ1n) is 10.7. The molecule has 2 aromatic carbocycles. The summed E-state index contributed by atoms with van der Waals surface area (Å²) in [7, 11) is 0. The van der Waals surface area contributed by atoms with E-state index in [2.05, 4.69) is 15.3 Å². The standard InChI is InChI=1S/C24H23F4N5O/c1-15-16(2)29-21(17-5-3-6-18(13-17)24(26,27)28)31-22(15)32-9-11-33(12-10-32)23(34)30-20-8-4-7-19(25)14-20/h3-8,13-14H,9-12H2,1-2H3,(H,30,34). The van der Waals surface area contributed by atoms with Crippen molar-refractivity contribution in [3.63, 3.8) is 0 Å². The number of carbonyl (C=O) groups is 1. The zero-order valence-electron chi connectivity index (χ0n) is 18.7. The molecule has 2 heterocycles. The number of hydrogen-bond donors (Lipinski definition) is 1. The molecule has 1 N–H and O–H groups in total. The summed E-state index contributed by atoms with van der Waals surface area (Å²) in [5, 5.41) is 2.69. The van der Waals surface area contributed by atoms with Crippen LogP contribution < -0.4 is 10.2 Å². The molecule has 1 saturated heterocycles. The highest BCUT2D eigenvalue weighted by molar-refractivity contribution is 5.89. The van der Waals surface area contributed by atoms with Crippen LogP contribution in [0.3, 0.4) is 0 Å². The SMILES string of the molecule is Cc1nc(-c2cccc(C(F)(F)F)c2)nc(N2CCN(C(=O)Nc3cccc(F)c3)CC2)c1C. The van der Waals surface area contributed by atoms with E-state index >= 15 is 0 Å². The van der Waals surface area contributed by atoms with E-state index in [0.717, 1.165) is 17.7 Å². The number of anilines is 2. The number of urea groups is 1. The summed E-state index contributed by atoms with van der Waals surface area (Å²) in [5.74, 6) is 0.411. The first-order chi connectivity index (χ1) is 16.1. The lowest BCUT2D eigenvalue weighted by Crippen LogP contribution is -2.50. The van der Waals surface area contributed by atoms with Gasteiger partial charge in [-0.3, -0.25) is 0 Å². The molecule has 1 aromatic heterocycles. The largest absolute Gasteiger partial charge is 0.416 e. The number of nitrogens with one attached hydrogen (secondary N) is 1. The Morgan fingerprint density at radius 3 is 2.35 bits per heavy atom. The zero-order valence-corrected chi connectivity index (χ0v) is 18.7. The van der Waals surface area contributed by atoms with Gasteiger partial charge in [-0.2, -0.15) is 13.2 Å².